The SMILES string of the molecule is CCCC(CCCl)CNc1nc(OC)cc(OC)n1. The number of nitrogens with one attached hydrogen (secondary N) is 1. The molecule has 1 aromatic rings. The predicted molar refractivity (Wildman–Crippen MR) is 77.4 cm³/mol. The van der Waals surface area contributed by atoms with Gasteiger partial charge in [-0.2, -0.15) is 9.97 Å². The van der Waals surface area contributed by atoms with Gasteiger partial charge in [0, 0.05) is 12.4 Å². The zero-order chi connectivity index (χ0) is 14.1. The molecule has 0 saturated heterocycles. The lowest BCUT2D eigenvalue weighted by atomic mass is 10.0. The molecule has 1 rings (SSSR count). The number of hydrogen-bond donors (Lipinski definition) is 1. The van der Waals surface area contributed by atoms with Crippen molar-refractivity contribution >= 4 is 17.5 Å². The Bertz CT molecular complexity index is 349. The van der Waals surface area contributed by atoms with E-state index in [4.69, 9.17) is 21.1 Å². The van der Waals surface area contributed by atoms with Crippen LogP contribution in [-0.4, -0.2) is 36.6 Å². The van der Waals surface area contributed by atoms with Crippen molar-refractivity contribution in [3.8, 4) is 11.8 Å². The van der Waals surface area contributed by atoms with Gasteiger partial charge in [-0.05, 0) is 18.8 Å². The van der Waals surface area contributed by atoms with Crippen molar-refractivity contribution in [1.29, 1.82) is 0 Å². The van der Waals surface area contributed by atoms with Crippen LogP contribution in [-0.2, 0) is 0 Å². The number of hydrogen-bond acceptors (Lipinski definition) is 5. The molecule has 108 valence electrons. The summed E-state index contributed by atoms with van der Waals surface area (Å²) in [5, 5.41) is 3.22. The summed E-state index contributed by atoms with van der Waals surface area (Å²) in [5.41, 5.74) is 0. The molecule has 19 heavy (non-hydrogen) atoms. The van der Waals surface area contributed by atoms with Gasteiger partial charge in [0.15, 0.2) is 0 Å². The summed E-state index contributed by atoms with van der Waals surface area (Å²) < 4.78 is 10.2. The van der Waals surface area contributed by atoms with E-state index in [1.807, 2.05) is 0 Å². The summed E-state index contributed by atoms with van der Waals surface area (Å²) in [6, 6.07) is 1.65. The summed E-state index contributed by atoms with van der Waals surface area (Å²) >= 11 is 5.81. The van der Waals surface area contributed by atoms with E-state index in [-0.39, 0.29) is 0 Å². The molecule has 1 aromatic heterocycles. The molecule has 0 bridgehead atoms. The van der Waals surface area contributed by atoms with E-state index in [1.165, 1.54) is 0 Å². The lowest BCUT2D eigenvalue weighted by molar-refractivity contribution is 0.372. The van der Waals surface area contributed by atoms with Crippen molar-refractivity contribution in [2.24, 2.45) is 5.92 Å². The van der Waals surface area contributed by atoms with Crippen LogP contribution in [0.2, 0.25) is 0 Å². The molecule has 1 unspecified atom stereocenters. The fraction of sp³-hybridized carbons (Fsp3) is 0.692. The Hall–Kier alpha value is -1.23. The number of rotatable bonds is 9. The van der Waals surface area contributed by atoms with Gasteiger partial charge in [-0.25, -0.2) is 0 Å². The summed E-state index contributed by atoms with van der Waals surface area (Å²) in [4.78, 5) is 8.47. The maximum absolute atomic E-state index is 5.81. The highest BCUT2D eigenvalue weighted by Crippen LogP contribution is 2.18. The molecule has 0 saturated carbocycles. The lowest BCUT2D eigenvalue weighted by Crippen LogP contribution is -2.16. The average Bonchev–Trinajstić information content (AvgIpc) is 2.44. The van der Waals surface area contributed by atoms with Crippen LogP contribution in [0.15, 0.2) is 6.07 Å². The van der Waals surface area contributed by atoms with Crippen LogP contribution in [0.1, 0.15) is 26.2 Å². The first kappa shape index (κ1) is 15.8. The van der Waals surface area contributed by atoms with E-state index in [0.29, 0.717) is 29.5 Å². The number of aromatic nitrogens is 2. The van der Waals surface area contributed by atoms with Crippen molar-refractivity contribution in [2.45, 2.75) is 26.2 Å². The third kappa shape index (κ3) is 5.51. The first-order valence-electron chi connectivity index (χ1n) is 6.50. The smallest absolute Gasteiger partial charge is 0.229 e. The van der Waals surface area contributed by atoms with E-state index in [9.17, 15) is 0 Å². The van der Waals surface area contributed by atoms with E-state index in [1.54, 1.807) is 20.3 Å². The van der Waals surface area contributed by atoms with Crippen molar-refractivity contribution < 1.29 is 9.47 Å². The third-order valence-electron chi connectivity index (χ3n) is 2.86. The molecular formula is C13H22ClN3O2. The summed E-state index contributed by atoms with van der Waals surface area (Å²) in [5.74, 6) is 2.70. The van der Waals surface area contributed by atoms with Gasteiger partial charge in [0.25, 0.3) is 0 Å². The largest absolute Gasteiger partial charge is 0.481 e. The number of alkyl halides is 1. The lowest BCUT2D eigenvalue weighted by Gasteiger charge is -2.16. The van der Waals surface area contributed by atoms with Gasteiger partial charge >= 0.3 is 0 Å². The van der Waals surface area contributed by atoms with Crippen LogP contribution in [0.5, 0.6) is 11.8 Å². The number of methoxy groups -OCH3 is 2. The Kier molecular flexibility index (Phi) is 7.33. The van der Waals surface area contributed by atoms with Crippen LogP contribution in [0.25, 0.3) is 0 Å². The molecule has 6 heteroatoms. The van der Waals surface area contributed by atoms with Crippen molar-refractivity contribution in [1.82, 2.24) is 9.97 Å². The van der Waals surface area contributed by atoms with Gasteiger partial charge in [-0.15, -0.1) is 11.6 Å². The van der Waals surface area contributed by atoms with Gasteiger partial charge in [0.05, 0.1) is 20.3 Å². The monoisotopic (exact) mass is 287 g/mol. The molecule has 0 aromatic carbocycles. The Labute approximate surface area is 119 Å². The van der Waals surface area contributed by atoms with Crippen LogP contribution in [0.4, 0.5) is 5.95 Å². The van der Waals surface area contributed by atoms with E-state index >= 15 is 0 Å². The van der Waals surface area contributed by atoms with Crippen LogP contribution >= 0.6 is 11.6 Å². The minimum absolute atomic E-state index is 0.485. The maximum Gasteiger partial charge on any atom is 0.229 e. The first-order valence-corrected chi connectivity index (χ1v) is 7.03. The highest BCUT2D eigenvalue weighted by Gasteiger charge is 2.10. The zero-order valence-corrected chi connectivity index (χ0v) is 12.5. The van der Waals surface area contributed by atoms with Crippen LogP contribution in [0.3, 0.4) is 0 Å². The molecule has 0 spiro atoms. The highest BCUT2D eigenvalue weighted by molar-refractivity contribution is 6.17. The van der Waals surface area contributed by atoms with Crippen LogP contribution in [0, 0.1) is 5.92 Å². The molecule has 5 nitrogen and oxygen atoms in total. The molecule has 0 aliphatic carbocycles. The van der Waals surface area contributed by atoms with Gasteiger partial charge < -0.3 is 14.8 Å². The molecular weight excluding hydrogens is 266 g/mol. The highest BCUT2D eigenvalue weighted by atomic mass is 35.5. The summed E-state index contributed by atoms with van der Waals surface area (Å²) in [7, 11) is 3.14. The topological polar surface area (TPSA) is 56.3 Å². The fourth-order valence-electron chi connectivity index (χ4n) is 1.84. The Balaban J connectivity index is 2.64. The van der Waals surface area contributed by atoms with E-state index in [0.717, 1.165) is 25.8 Å². The normalized spacial score (nSPS) is 12.0. The maximum atomic E-state index is 5.81. The average molecular weight is 288 g/mol. The van der Waals surface area contributed by atoms with E-state index < -0.39 is 0 Å². The van der Waals surface area contributed by atoms with Crippen molar-refractivity contribution in [2.75, 3.05) is 32.0 Å². The second kappa shape index (κ2) is 8.80. The molecule has 0 amide bonds. The number of ether oxygens (including phenoxy) is 2. The van der Waals surface area contributed by atoms with Crippen LogP contribution < -0.4 is 14.8 Å². The molecule has 1 N–H and O–H groups in total. The molecule has 1 heterocycles. The van der Waals surface area contributed by atoms with Gasteiger partial charge in [0.2, 0.25) is 17.7 Å². The number of nitrogens with zero attached hydrogens (tertiary/aromatic N) is 2. The quantitative estimate of drug-likeness (QED) is 0.708. The Morgan fingerprint density at radius 2 is 1.84 bits per heavy atom. The van der Waals surface area contributed by atoms with Gasteiger partial charge in [-0.1, -0.05) is 13.3 Å². The van der Waals surface area contributed by atoms with E-state index in [2.05, 4.69) is 22.2 Å². The minimum atomic E-state index is 0.485. The van der Waals surface area contributed by atoms with Crippen molar-refractivity contribution in [3.63, 3.8) is 0 Å². The molecule has 0 aliphatic heterocycles. The fourth-order valence-corrected chi connectivity index (χ4v) is 2.15. The van der Waals surface area contributed by atoms with Gasteiger partial charge in [-0.3, -0.25) is 0 Å². The summed E-state index contributed by atoms with van der Waals surface area (Å²) in [6.45, 7) is 2.98. The number of halogens is 1. The second-order valence-electron chi connectivity index (χ2n) is 4.29. The Morgan fingerprint density at radius 3 is 2.32 bits per heavy atom. The third-order valence-corrected chi connectivity index (χ3v) is 3.08. The second-order valence-corrected chi connectivity index (χ2v) is 4.67. The molecule has 0 radical (unpaired) electrons. The standard InChI is InChI=1S/C13H22ClN3O2/c1-4-5-10(6-7-14)9-15-13-16-11(18-2)8-12(17-13)19-3/h8,10H,4-7,9H2,1-3H3,(H,15,16,17). The molecule has 0 fully saturated rings. The zero-order valence-electron chi connectivity index (χ0n) is 11.8. The van der Waals surface area contributed by atoms with Crippen molar-refractivity contribution in [3.05, 3.63) is 6.07 Å². The molecule has 0 aliphatic rings. The molecule has 1 atom stereocenters. The number of anilines is 1. The predicted octanol–water partition coefficient (Wildman–Crippen LogP) is 2.95. The first-order chi connectivity index (χ1) is 9.23. The minimum Gasteiger partial charge on any atom is -0.481 e. The Morgan fingerprint density at radius 1 is 1.21 bits per heavy atom. The van der Waals surface area contributed by atoms with Gasteiger partial charge in [0.1, 0.15) is 0 Å². The summed E-state index contributed by atoms with van der Waals surface area (Å²) in [6.07, 6.45) is 3.27.